The number of hydrogen-bond acceptors (Lipinski definition) is 5. The van der Waals surface area contributed by atoms with E-state index in [2.05, 4.69) is 5.32 Å². The lowest BCUT2D eigenvalue weighted by Gasteiger charge is -2.31. The molecule has 0 unspecified atom stereocenters. The van der Waals surface area contributed by atoms with Crippen LogP contribution in [-0.2, 0) is 16.1 Å². The van der Waals surface area contributed by atoms with Crippen LogP contribution in [0.3, 0.4) is 0 Å². The van der Waals surface area contributed by atoms with E-state index in [4.69, 9.17) is 4.74 Å². The molecule has 28 heavy (non-hydrogen) atoms. The predicted octanol–water partition coefficient (Wildman–Crippen LogP) is 3.58. The first-order valence-electron chi connectivity index (χ1n) is 9.04. The number of piperidine rings is 1. The Morgan fingerprint density at radius 3 is 2.32 bits per heavy atom. The van der Waals surface area contributed by atoms with E-state index in [0.29, 0.717) is 31.5 Å². The molecule has 0 aliphatic carbocycles. The molecule has 1 aliphatic rings. The normalized spacial score (nSPS) is 14.4. The van der Waals surface area contributed by atoms with Crippen molar-refractivity contribution in [3.63, 3.8) is 0 Å². The summed E-state index contributed by atoms with van der Waals surface area (Å²) in [5, 5.41) is 13.5. The Morgan fingerprint density at radius 2 is 1.71 bits per heavy atom. The molecule has 2 aromatic rings. The molecule has 0 atom stereocenters. The molecule has 1 heterocycles. The number of carbonyl (C=O) groups excluding carboxylic acids is 2. The highest BCUT2D eigenvalue weighted by Crippen LogP contribution is 2.21. The Kier molecular flexibility index (Phi) is 6.21. The smallest absolute Gasteiger partial charge is 0.321 e. The van der Waals surface area contributed by atoms with Gasteiger partial charge in [-0.25, -0.2) is 4.79 Å². The third-order valence-electron chi connectivity index (χ3n) is 4.67. The fourth-order valence-electron chi connectivity index (χ4n) is 3.03. The lowest BCUT2D eigenvalue weighted by molar-refractivity contribution is -0.384. The second kappa shape index (κ2) is 8.98. The number of nitrogens with one attached hydrogen (secondary N) is 1. The number of urea groups is 1. The molecule has 2 aromatic carbocycles. The number of non-ortho nitro benzene ring substituents is 1. The molecule has 1 saturated heterocycles. The van der Waals surface area contributed by atoms with E-state index in [1.165, 1.54) is 12.1 Å². The summed E-state index contributed by atoms with van der Waals surface area (Å²) in [7, 11) is 0. The van der Waals surface area contributed by atoms with Crippen LogP contribution in [0.2, 0.25) is 0 Å². The van der Waals surface area contributed by atoms with Gasteiger partial charge in [-0.3, -0.25) is 14.9 Å². The van der Waals surface area contributed by atoms with Crippen molar-refractivity contribution < 1.29 is 19.2 Å². The maximum Gasteiger partial charge on any atom is 0.321 e. The molecule has 146 valence electrons. The average molecular weight is 383 g/mol. The van der Waals surface area contributed by atoms with Crippen LogP contribution in [0.1, 0.15) is 18.4 Å². The van der Waals surface area contributed by atoms with Crippen molar-refractivity contribution in [2.45, 2.75) is 19.4 Å². The summed E-state index contributed by atoms with van der Waals surface area (Å²) in [5.74, 6) is -0.555. The van der Waals surface area contributed by atoms with Crippen molar-refractivity contribution in [2.24, 2.45) is 5.92 Å². The number of ether oxygens (including phenoxy) is 1. The molecule has 2 amide bonds. The Labute approximate surface area is 162 Å². The number of amides is 2. The van der Waals surface area contributed by atoms with Crippen LogP contribution < -0.4 is 5.32 Å². The van der Waals surface area contributed by atoms with Gasteiger partial charge in [-0.2, -0.15) is 0 Å². The van der Waals surface area contributed by atoms with Crippen LogP contribution in [0.25, 0.3) is 0 Å². The van der Waals surface area contributed by atoms with Gasteiger partial charge in [-0.15, -0.1) is 0 Å². The zero-order valence-corrected chi connectivity index (χ0v) is 15.2. The highest BCUT2D eigenvalue weighted by atomic mass is 16.6. The van der Waals surface area contributed by atoms with Gasteiger partial charge in [-0.1, -0.05) is 18.2 Å². The predicted molar refractivity (Wildman–Crippen MR) is 103 cm³/mol. The number of nitro groups is 1. The van der Waals surface area contributed by atoms with Crippen LogP contribution in [-0.4, -0.2) is 34.9 Å². The quantitative estimate of drug-likeness (QED) is 0.483. The Morgan fingerprint density at radius 1 is 1.07 bits per heavy atom. The second-order valence-electron chi connectivity index (χ2n) is 6.59. The lowest BCUT2D eigenvalue weighted by atomic mass is 9.97. The van der Waals surface area contributed by atoms with Gasteiger partial charge in [0.25, 0.3) is 5.69 Å². The van der Waals surface area contributed by atoms with Crippen molar-refractivity contribution in [1.29, 1.82) is 0 Å². The zero-order valence-electron chi connectivity index (χ0n) is 15.2. The zero-order chi connectivity index (χ0) is 19.9. The first-order chi connectivity index (χ1) is 13.5. The molecule has 8 heteroatoms. The van der Waals surface area contributed by atoms with E-state index in [-0.39, 0.29) is 30.2 Å². The Bertz CT molecular complexity index is 831. The fourth-order valence-corrected chi connectivity index (χ4v) is 3.03. The molecule has 0 saturated carbocycles. The number of nitrogens with zero attached hydrogens (tertiary/aromatic N) is 2. The van der Waals surface area contributed by atoms with E-state index < -0.39 is 4.92 Å². The lowest BCUT2D eigenvalue weighted by Crippen LogP contribution is -2.42. The second-order valence-corrected chi connectivity index (χ2v) is 6.59. The van der Waals surface area contributed by atoms with Crippen LogP contribution in [0, 0.1) is 16.0 Å². The molecule has 0 radical (unpaired) electrons. The van der Waals surface area contributed by atoms with E-state index in [9.17, 15) is 19.7 Å². The molecule has 1 aliphatic heterocycles. The van der Waals surface area contributed by atoms with Gasteiger partial charge in [-0.05, 0) is 42.7 Å². The van der Waals surface area contributed by atoms with Gasteiger partial charge in [0.2, 0.25) is 0 Å². The van der Waals surface area contributed by atoms with Gasteiger partial charge in [0.15, 0.2) is 0 Å². The minimum atomic E-state index is -0.475. The van der Waals surface area contributed by atoms with Crippen molar-refractivity contribution >= 4 is 23.4 Å². The van der Waals surface area contributed by atoms with E-state index >= 15 is 0 Å². The van der Waals surface area contributed by atoms with Gasteiger partial charge >= 0.3 is 12.0 Å². The summed E-state index contributed by atoms with van der Waals surface area (Å²) in [4.78, 5) is 36.4. The topological polar surface area (TPSA) is 102 Å². The Balaban J connectivity index is 1.43. The maximum atomic E-state index is 12.3. The van der Waals surface area contributed by atoms with Crippen molar-refractivity contribution in [3.8, 4) is 0 Å². The Hall–Kier alpha value is -3.42. The van der Waals surface area contributed by atoms with Gasteiger partial charge in [0.05, 0.1) is 10.8 Å². The molecular formula is C20H21N3O5. The third-order valence-corrected chi connectivity index (χ3v) is 4.67. The number of carbonyl (C=O) groups is 2. The molecule has 8 nitrogen and oxygen atoms in total. The number of para-hydroxylation sites is 1. The molecule has 0 aromatic heterocycles. The molecular weight excluding hydrogens is 362 g/mol. The van der Waals surface area contributed by atoms with E-state index in [0.717, 1.165) is 5.69 Å². The molecule has 0 spiro atoms. The first-order valence-corrected chi connectivity index (χ1v) is 9.04. The minimum absolute atomic E-state index is 0.00349. The highest BCUT2D eigenvalue weighted by Gasteiger charge is 2.28. The van der Waals surface area contributed by atoms with Crippen molar-refractivity contribution in [3.05, 3.63) is 70.3 Å². The number of esters is 1. The highest BCUT2D eigenvalue weighted by molar-refractivity contribution is 5.89. The molecule has 1 fully saturated rings. The molecule has 3 rings (SSSR count). The fraction of sp³-hybridized carbons (Fsp3) is 0.300. The summed E-state index contributed by atoms with van der Waals surface area (Å²) >= 11 is 0. The van der Waals surface area contributed by atoms with Crippen molar-refractivity contribution in [1.82, 2.24) is 4.90 Å². The largest absolute Gasteiger partial charge is 0.461 e. The van der Waals surface area contributed by atoms with E-state index in [1.807, 2.05) is 30.3 Å². The SMILES string of the molecule is O=C(OCc1ccc([N+](=O)[O-])cc1)C1CCN(C(=O)Nc2ccccc2)CC1. The summed E-state index contributed by atoms with van der Waals surface area (Å²) in [5.41, 5.74) is 1.42. The molecule has 1 N–H and O–H groups in total. The minimum Gasteiger partial charge on any atom is -0.461 e. The number of benzene rings is 2. The number of hydrogen-bond donors (Lipinski definition) is 1. The van der Waals surface area contributed by atoms with E-state index in [1.54, 1.807) is 17.0 Å². The van der Waals surface area contributed by atoms with Gasteiger partial charge in [0, 0.05) is 30.9 Å². The summed E-state index contributed by atoms with van der Waals surface area (Å²) in [6, 6.07) is 14.9. The third kappa shape index (κ3) is 5.06. The average Bonchev–Trinajstić information content (AvgIpc) is 2.73. The van der Waals surface area contributed by atoms with Crippen molar-refractivity contribution in [2.75, 3.05) is 18.4 Å². The van der Waals surface area contributed by atoms with Crippen LogP contribution in [0.4, 0.5) is 16.2 Å². The number of rotatable bonds is 5. The monoisotopic (exact) mass is 383 g/mol. The summed E-state index contributed by atoms with van der Waals surface area (Å²) in [6.07, 6.45) is 1.09. The van der Waals surface area contributed by atoms with Crippen LogP contribution in [0.15, 0.2) is 54.6 Å². The molecule has 0 bridgehead atoms. The van der Waals surface area contributed by atoms with Gasteiger partial charge in [0.1, 0.15) is 6.61 Å². The number of anilines is 1. The van der Waals surface area contributed by atoms with Crippen LogP contribution in [0.5, 0.6) is 0 Å². The standard InChI is InChI=1S/C20H21N3O5/c24-19(28-14-15-6-8-18(9-7-15)23(26)27)16-10-12-22(13-11-16)20(25)21-17-4-2-1-3-5-17/h1-9,16H,10-14H2,(H,21,25). The number of likely N-dealkylation sites (tertiary alicyclic amines) is 1. The summed E-state index contributed by atoms with van der Waals surface area (Å²) in [6.45, 7) is 1.04. The number of nitro benzene ring substituents is 1. The maximum absolute atomic E-state index is 12.3. The van der Waals surface area contributed by atoms with Crippen LogP contribution >= 0.6 is 0 Å². The first kappa shape index (κ1) is 19.3. The van der Waals surface area contributed by atoms with Gasteiger partial charge < -0.3 is 15.0 Å². The summed E-state index contributed by atoms with van der Waals surface area (Å²) < 4.78 is 5.33.